The van der Waals surface area contributed by atoms with E-state index in [4.69, 9.17) is 44.3 Å². The van der Waals surface area contributed by atoms with Gasteiger partial charge in [-0.2, -0.15) is 0 Å². The summed E-state index contributed by atoms with van der Waals surface area (Å²) >= 11 is 21.2. The number of carbonyl (C=O) groups excluding carboxylic acids is 2. The van der Waals surface area contributed by atoms with Crippen LogP contribution in [0, 0.1) is 5.92 Å². The average Bonchev–Trinajstić information content (AvgIpc) is 1.38. The van der Waals surface area contributed by atoms with Gasteiger partial charge in [0.25, 0.3) is 0 Å². The lowest BCUT2D eigenvalue weighted by Crippen LogP contribution is -2.56. The van der Waals surface area contributed by atoms with Gasteiger partial charge >= 0.3 is 11.9 Å². The SMILES string of the molecule is COC(=O)C(C1=CC(C(=O)OC)C23c4c5c6c7c8c9c(c%10c%11c2c2c4c4c%12c5c5c6c6c8c8c%13c9c9c%10c%10c%11c%11c2c2c4c4c%12c%12c5c5c6c8c6c8c%13c9c9c%10c%10c%11c2c2c4c4c%12c5c6c5c8c9c%10c2c45)C173)=P(c1ccc(Cl)cc1)(c1ccc(Cl)cc1)c1ccc(Cl)cc1. The minimum absolute atomic E-state index is 0.287. The summed E-state index contributed by atoms with van der Waals surface area (Å²) in [7, 11) is 3.18. The molecule has 31 aromatic rings. The second-order valence-corrected chi connectivity index (χ2v) is 35.5. The summed E-state index contributed by atoms with van der Waals surface area (Å²) in [6.45, 7) is -3.60. The van der Waals surface area contributed by atoms with Crippen LogP contribution in [0.25, 0.3) is 291 Å². The van der Waals surface area contributed by atoms with Crippen LogP contribution in [-0.2, 0) is 29.9 Å². The fourth-order valence-corrected chi connectivity index (χ4v) is 33.5. The van der Waals surface area contributed by atoms with E-state index in [1.54, 1.807) is 25.0 Å². The Labute approximate surface area is 533 Å². The zero-order valence-corrected chi connectivity index (χ0v) is 51.5. The molecule has 414 valence electrons. The Hall–Kier alpha value is -10.0. The zero-order chi connectivity index (χ0) is 58.9. The summed E-state index contributed by atoms with van der Waals surface area (Å²) in [5.41, 5.74) is 3.64. The quantitative estimate of drug-likeness (QED) is 0.0946. The van der Waals surface area contributed by atoms with Gasteiger partial charge in [-0.1, -0.05) is 77.3 Å². The van der Waals surface area contributed by atoms with Gasteiger partial charge in [0.05, 0.1) is 36.3 Å². The Morgan fingerprint density at radius 2 is 0.500 bits per heavy atom. The van der Waals surface area contributed by atoms with E-state index in [-0.39, 0.29) is 5.97 Å². The van der Waals surface area contributed by atoms with Gasteiger partial charge in [-0.05, 0) is 378 Å². The van der Waals surface area contributed by atoms with Gasteiger partial charge in [-0.3, -0.25) is 4.79 Å². The van der Waals surface area contributed by atoms with Crippen LogP contribution in [0.15, 0.2) is 84.4 Å². The molecule has 5 aliphatic rings. The molecule has 0 aromatic heterocycles. The predicted octanol–water partition coefficient (Wildman–Crippen LogP) is 21.3. The van der Waals surface area contributed by atoms with Crippen molar-refractivity contribution in [2.24, 2.45) is 5.92 Å². The second-order valence-electron chi connectivity index (χ2n) is 30.8. The van der Waals surface area contributed by atoms with Crippen LogP contribution in [0.1, 0.15) is 22.3 Å². The molecule has 1 unspecified atom stereocenters. The smallest absolute Gasteiger partial charge is 0.339 e. The molecule has 0 heterocycles. The molecule has 0 saturated carbocycles. The summed E-state index contributed by atoms with van der Waals surface area (Å²) in [5.74, 6) is -1.63. The first-order valence-corrected chi connectivity index (χ1v) is 35.9. The molecule has 4 nitrogen and oxygen atoms in total. The Kier molecular flexibility index (Phi) is 4.66. The Morgan fingerprint density at radius 1 is 0.298 bits per heavy atom. The number of halogens is 3. The molecule has 8 heteroatoms. The van der Waals surface area contributed by atoms with E-state index in [1.165, 1.54) is 302 Å². The van der Waals surface area contributed by atoms with Gasteiger partial charge in [0.1, 0.15) is 0 Å². The van der Waals surface area contributed by atoms with Crippen LogP contribution in [-0.4, -0.2) is 31.5 Å². The molecule has 36 rings (SSSR count). The number of rotatable bonds is 6. The van der Waals surface area contributed by atoms with Crippen LogP contribution in [0.2, 0.25) is 15.1 Å². The third kappa shape index (κ3) is 2.67. The Morgan fingerprint density at radius 3 is 0.702 bits per heavy atom. The summed E-state index contributed by atoms with van der Waals surface area (Å²) in [6, 6.07) is 24.7. The van der Waals surface area contributed by atoms with Crippen LogP contribution >= 0.6 is 41.7 Å². The summed E-state index contributed by atoms with van der Waals surface area (Å²) < 4.78 is 13.3. The highest BCUT2D eigenvalue weighted by Crippen LogP contribution is 2.87. The molecule has 5 aliphatic carbocycles. The molecule has 94 heavy (non-hydrogen) atoms. The van der Waals surface area contributed by atoms with Gasteiger partial charge in [0.15, 0.2) is 0 Å². The van der Waals surface area contributed by atoms with E-state index in [2.05, 4.69) is 42.5 Å². The monoisotopic (exact) mass is 1250 g/mol. The lowest BCUT2D eigenvalue weighted by atomic mass is 9.46. The van der Waals surface area contributed by atoms with E-state index < -0.39 is 29.6 Å². The van der Waals surface area contributed by atoms with E-state index >= 15 is 9.59 Å². The van der Waals surface area contributed by atoms with Crippen molar-refractivity contribution in [1.29, 1.82) is 0 Å². The molecule has 2 spiro atoms. The maximum Gasteiger partial charge on any atom is 0.339 e. The predicted molar refractivity (Wildman–Crippen MR) is 395 cm³/mol. The van der Waals surface area contributed by atoms with Crippen LogP contribution in [0.4, 0.5) is 0 Å². The van der Waals surface area contributed by atoms with Gasteiger partial charge in [-0.25, -0.2) is 4.79 Å². The zero-order valence-electron chi connectivity index (χ0n) is 48.3. The van der Waals surface area contributed by atoms with Gasteiger partial charge < -0.3 is 9.47 Å². The Bertz CT molecular complexity index is 8650. The number of esters is 2. The third-order valence-corrected chi connectivity index (χ3v) is 34.7. The lowest BCUT2D eigenvalue weighted by Gasteiger charge is -2.54. The molecule has 0 bridgehead atoms. The molecule has 0 aliphatic heterocycles. The molecule has 0 amide bonds. The number of hydrogen-bond acceptors (Lipinski definition) is 4. The number of hydrogen-bond donors (Lipinski definition) is 0. The van der Waals surface area contributed by atoms with Crippen molar-refractivity contribution in [2.75, 3.05) is 14.2 Å². The minimum Gasteiger partial charge on any atom is -0.469 e. The summed E-state index contributed by atoms with van der Waals surface area (Å²) in [4.78, 5) is 34.5. The van der Waals surface area contributed by atoms with Gasteiger partial charge in [-0.15, -0.1) is 0 Å². The molecular formula is C86H20Cl3O4P. The molecule has 0 radical (unpaired) electrons. The van der Waals surface area contributed by atoms with Crippen LogP contribution in [0.3, 0.4) is 0 Å². The summed E-state index contributed by atoms with van der Waals surface area (Å²) in [6.07, 6.45) is 2.35. The van der Waals surface area contributed by atoms with Crippen molar-refractivity contribution in [3.8, 4) is 0 Å². The standard InChI is InChI=1S/C86H20Cl3O4P/c1-92-83(90)23-15-22(82(84(91)93-2)94(19-9-3-16(87)4-10-19,20-11-5-17(88)6-12-20)21-13-7-18(89)8-14-21)85-78-70-62-52-42-34-26-24-25-28-32-30(26)38-46-40(32)50-44-36(28)37-29(25)33-31-27(24)35(34)43-49-39(31)47-41(33)51-45(37)55-54(44)64-58(50)68-60(46)66(56(62)48(38)42)72(78)76(68)80-74(64)75-65(55)59(51)69-61(47)67-57(49)63(53(43)52)71(70)79(85)73(67)77(69)81(75)86(23,80)85/h3-15,23H,1-2H3. The molecule has 0 N–H and O–H groups in total. The van der Waals surface area contributed by atoms with Crippen molar-refractivity contribution in [2.45, 2.75) is 10.8 Å². The van der Waals surface area contributed by atoms with Crippen molar-refractivity contribution < 1.29 is 19.1 Å². The van der Waals surface area contributed by atoms with E-state index in [0.717, 1.165) is 21.5 Å². The topological polar surface area (TPSA) is 52.6 Å². The highest BCUT2D eigenvalue weighted by Gasteiger charge is 2.77. The lowest BCUT2D eigenvalue weighted by molar-refractivity contribution is -0.145. The van der Waals surface area contributed by atoms with Gasteiger partial charge in [0, 0.05) is 15.1 Å². The first-order valence-electron chi connectivity index (χ1n) is 33.0. The maximum atomic E-state index is 17.4. The third-order valence-electron chi connectivity index (χ3n) is 29.7. The second kappa shape index (κ2) is 10.5. The number of ether oxygens (including phenoxy) is 2. The number of benzene rings is 21. The van der Waals surface area contributed by atoms with Crippen molar-refractivity contribution in [3.05, 3.63) is 122 Å². The van der Waals surface area contributed by atoms with Crippen molar-refractivity contribution in [3.63, 3.8) is 0 Å². The normalized spacial score (nSPS) is 20.5. The van der Waals surface area contributed by atoms with Gasteiger partial charge in [0.2, 0.25) is 0 Å². The van der Waals surface area contributed by atoms with E-state index in [1.807, 2.05) is 36.4 Å². The molecule has 31 aromatic carbocycles. The first-order chi connectivity index (χ1) is 46.3. The first kappa shape index (κ1) is 41.5. The number of methoxy groups -OCH3 is 2. The van der Waals surface area contributed by atoms with Crippen molar-refractivity contribution >= 4 is 366 Å². The highest BCUT2D eigenvalue weighted by molar-refractivity contribution is 7.96. The fourth-order valence-electron chi connectivity index (χ4n) is 28.7. The van der Waals surface area contributed by atoms with E-state index in [0.29, 0.717) is 20.4 Å². The Balaban J connectivity index is 0.979. The summed E-state index contributed by atoms with van der Waals surface area (Å²) in [5, 5.41) is 83.6. The number of carbonyl (C=O) groups is 2. The van der Waals surface area contributed by atoms with Crippen LogP contribution in [0.5, 0.6) is 0 Å². The molecule has 0 fully saturated rings. The fraction of sp³-hybridized carbons (Fsp3) is 0.0581. The average molecular weight is 1250 g/mol. The largest absolute Gasteiger partial charge is 0.469 e. The van der Waals surface area contributed by atoms with E-state index in [9.17, 15) is 0 Å². The highest BCUT2D eigenvalue weighted by atomic mass is 35.5. The minimum atomic E-state index is -3.60. The van der Waals surface area contributed by atoms with Crippen molar-refractivity contribution in [1.82, 2.24) is 0 Å². The molecule has 0 saturated heterocycles. The molecule has 1 atom stereocenters. The van der Waals surface area contributed by atoms with Crippen LogP contribution < -0.4 is 15.9 Å². The maximum absolute atomic E-state index is 17.4. The molecular weight excluding hydrogens is 1230 g/mol.